The van der Waals surface area contributed by atoms with Crippen molar-refractivity contribution in [2.45, 2.75) is 6.92 Å². The SMILES string of the molecule is CCN(C)[I-](C)(C)C. The Labute approximate surface area is 57.3 Å². The fourth-order valence-corrected chi connectivity index (χ4v) is 2.41. The van der Waals surface area contributed by atoms with Crippen molar-refractivity contribution < 1.29 is 18.7 Å². The van der Waals surface area contributed by atoms with Crippen molar-refractivity contribution in [3.05, 3.63) is 0 Å². The molecule has 0 spiro atoms. The molecule has 0 radical (unpaired) electrons. The van der Waals surface area contributed by atoms with Crippen LogP contribution in [0.5, 0.6) is 0 Å². The van der Waals surface area contributed by atoms with Gasteiger partial charge in [-0.1, -0.05) is 0 Å². The Balaban J connectivity index is 3.62. The zero-order valence-electron chi connectivity index (χ0n) is 6.53. The molecule has 54 valence electrons. The number of alkyl halides is 3. The molecule has 0 amide bonds. The summed E-state index contributed by atoms with van der Waals surface area (Å²) in [6.07, 6.45) is 0. The van der Waals surface area contributed by atoms with Crippen molar-refractivity contribution in [2.75, 3.05) is 28.4 Å². The van der Waals surface area contributed by atoms with Gasteiger partial charge >= 0.3 is 57.1 Å². The van der Waals surface area contributed by atoms with Crippen molar-refractivity contribution in [1.82, 2.24) is 3.11 Å². The Kier molecular flexibility index (Phi) is 3.27. The third kappa shape index (κ3) is 2.87. The van der Waals surface area contributed by atoms with E-state index in [9.17, 15) is 0 Å². The molecule has 0 aromatic heterocycles. The molecule has 0 aromatic carbocycles. The van der Waals surface area contributed by atoms with Crippen molar-refractivity contribution in [3.8, 4) is 0 Å². The monoisotopic (exact) mass is 230 g/mol. The molecule has 2 heteroatoms. The van der Waals surface area contributed by atoms with Gasteiger partial charge in [-0.3, -0.25) is 0 Å². The fourth-order valence-electron chi connectivity index (χ4n) is 0.359. The molecule has 0 aliphatic rings. The number of hydrogen-bond acceptors (Lipinski definition) is 1. The van der Waals surface area contributed by atoms with E-state index in [1.165, 1.54) is 6.54 Å². The van der Waals surface area contributed by atoms with E-state index in [0.29, 0.717) is 0 Å². The van der Waals surface area contributed by atoms with Crippen molar-refractivity contribution in [1.29, 1.82) is 0 Å². The second kappa shape index (κ2) is 3.01. The summed E-state index contributed by atoms with van der Waals surface area (Å²) in [6, 6.07) is 0. The van der Waals surface area contributed by atoms with Crippen LogP contribution < -0.4 is 18.7 Å². The van der Waals surface area contributed by atoms with Crippen molar-refractivity contribution >= 4 is 0 Å². The standard InChI is InChI=1S/C6H17IN/c1-6-8(5)7(2,3)4/h6H2,1-5H3/q-1. The van der Waals surface area contributed by atoms with Crippen LogP contribution in [0.25, 0.3) is 0 Å². The van der Waals surface area contributed by atoms with Crippen molar-refractivity contribution in [2.24, 2.45) is 0 Å². The van der Waals surface area contributed by atoms with Crippen LogP contribution in [0.15, 0.2) is 0 Å². The molecule has 8 heavy (non-hydrogen) atoms. The molecular weight excluding hydrogens is 213 g/mol. The minimum absolute atomic E-state index is 1.21. The molecule has 0 aliphatic carbocycles. The third-order valence-electron chi connectivity index (χ3n) is 1.30. The van der Waals surface area contributed by atoms with Crippen LogP contribution in [0.3, 0.4) is 0 Å². The quantitative estimate of drug-likeness (QED) is 0.298. The average molecular weight is 230 g/mol. The molecule has 0 bridgehead atoms. The van der Waals surface area contributed by atoms with Gasteiger partial charge in [0.25, 0.3) is 0 Å². The first-order chi connectivity index (χ1) is 3.48. The van der Waals surface area contributed by atoms with Gasteiger partial charge in [0.2, 0.25) is 0 Å². The molecule has 0 saturated heterocycles. The van der Waals surface area contributed by atoms with E-state index in [2.05, 4.69) is 31.9 Å². The molecular formula is C6H17IN-. The Bertz CT molecular complexity index is 65.4. The second-order valence-corrected chi connectivity index (χ2v) is 13.6. The Hall–Kier alpha value is 0.690. The molecule has 0 atom stereocenters. The summed E-state index contributed by atoms with van der Waals surface area (Å²) in [5.74, 6) is 0. The summed E-state index contributed by atoms with van der Waals surface area (Å²) in [7, 11) is 2.22. The van der Waals surface area contributed by atoms with E-state index >= 15 is 0 Å². The van der Waals surface area contributed by atoms with Gasteiger partial charge in [0, 0.05) is 0 Å². The van der Waals surface area contributed by atoms with Crippen LogP contribution in [-0.2, 0) is 0 Å². The molecule has 0 N–H and O–H groups in total. The van der Waals surface area contributed by atoms with Gasteiger partial charge in [0.05, 0.1) is 0 Å². The number of rotatable bonds is 2. The van der Waals surface area contributed by atoms with Crippen LogP contribution in [0, 0.1) is 0 Å². The Morgan fingerprint density at radius 3 is 1.62 bits per heavy atom. The summed E-state index contributed by atoms with van der Waals surface area (Å²) >= 11 is -1.30. The van der Waals surface area contributed by atoms with Gasteiger partial charge in [-0.2, -0.15) is 0 Å². The zero-order chi connectivity index (χ0) is 6.78. The third-order valence-corrected chi connectivity index (χ3v) is 6.93. The summed E-state index contributed by atoms with van der Waals surface area (Å²) in [5.41, 5.74) is 0. The Morgan fingerprint density at radius 2 is 1.62 bits per heavy atom. The molecule has 0 fully saturated rings. The van der Waals surface area contributed by atoms with Crippen LogP contribution in [0.4, 0.5) is 0 Å². The maximum absolute atomic E-state index is 2.49. The molecule has 0 aromatic rings. The number of halogens is 1. The number of nitrogens with zero attached hydrogens (tertiary/aromatic N) is 1. The van der Waals surface area contributed by atoms with Gasteiger partial charge in [0.1, 0.15) is 0 Å². The maximum atomic E-state index is 2.49. The first kappa shape index (κ1) is 8.69. The summed E-state index contributed by atoms with van der Waals surface area (Å²) in [5, 5.41) is 0. The topological polar surface area (TPSA) is 3.24 Å². The minimum atomic E-state index is -1.30. The average Bonchev–Trinajstić information content (AvgIpc) is 1.62. The molecule has 0 heterocycles. The van der Waals surface area contributed by atoms with E-state index in [1.54, 1.807) is 0 Å². The zero-order valence-corrected chi connectivity index (χ0v) is 8.69. The Morgan fingerprint density at radius 1 is 1.25 bits per heavy atom. The number of hydrogen-bond donors (Lipinski definition) is 0. The van der Waals surface area contributed by atoms with Gasteiger partial charge in [-0.15, -0.1) is 0 Å². The molecule has 1 nitrogen and oxygen atoms in total. The summed E-state index contributed by atoms with van der Waals surface area (Å²) in [6.45, 7) is 3.43. The first-order valence-corrected chi connectivity index (χ1v) is 10.2. The first-order valence-electron chi connectivity index (χ1n) is 2.77. The molecule has 0 rings (SSSR count). The van der Waals surface area contributed by atoms with Gasteiger partial charge in [-0.25, -0.2) is 0 Å². The van der Waals surface area contributed by atoms with E-state index < -0.39 is 18.7 Å². The molecule has 0 saturated carbocycles. The van der Waals surface area contributed by atoms with E-state index in [1.807, 2.05) is 0 Å². The van der Waals surface area contributed by atoms with Gasteiger partial charge in [0.15, 0.2) is 0 Å². The van der Waals surface area contributed by atoms with E-state index in [-0.39, 0.29) is 0 Å². The normalized spacial score (nSPS) is 14.8. The van der Waals surface area contributed by atoms with Crippen LogP contribution in [0.2, 0.25) is 0 Å². The second-order valence-electron chi connectivity index (χ2n) is 2.56. The summed E-state index contributed by atoms with van der Waals surface area (Å²) < 4.78 is 2.49. The van der Waals surface area contributed by atoms with Crippen LogP contribution >= 0.6 is 0 Å². The van der Waals surface area contributed by atoms with Crippen LogP contribution in [0.1, 0.15) is 6.92 Å². The molecule has 0 unspecified atom stereocenters. The molecule has 0 aliphatic heterocycles. The fraction of sp³-hybridized carbons (Fsp3) is 1.00. The van der Waals surface area contributed by atoms with E-state index in [4.69, 9.17) is 0 Å². The predicted octanol–water partition coefficient (Wildman–Crippen LogP) is -2.10. The van der Waals surface area contributed by atoms with E-state index in [0.717, 1.165) is 0 Å². The van der Waals surface area contributed by atoms with Gasteiger partial charge in [-0.05, 0) is 0 Å². The predicted molar refractivity (Wildman–Crippen MR) is 36.1 cm³/mol. The van der Waals surface area contributed by atoms with Gasteiger partial charge < -0.3 is 0 Å². The van der Waals surface area contributed by atoms with Crippen molar-refractivity contribution in [3.63, 3.8) is 0 Å². The summed E-state index contributed by atoms with van der Waals surface area (Å²) in [4.78, 5) is 7.20. The van der Waals surface area contributed by atoms with Crippen LogP contribution in [-0.4, -0.2) is 31.5 Å².